The van der Waals surface area contributed by atoms with Crippen LogP contribution >= 0.6 is 0 Å². The first-order chi connectivity index (χ1) is 9.92. The minimum absolute atomic E-state index is 0.137. The van der Waals surface area contributed by atoms with E-state index >= 15 is 0 Å². The van der Waals surface area contributed by atoms with E-state index in [1.165, 1.54) is 0 Å². The third kappa shape index (κ3) is 6.18. The fourth-order valence-electron chi connectivity index (χ4n) is 1.68. The van der Waals surface area contributed by atoms with Crippen molar-refractivity contribution in [3.63, 3.8) is 0 Å². The molecule has 0 spiro atoms. The summed E-state index contributed by atoms with van der Waals surface area (Å²) in [6.45, 7) is 8.75. The van der Waals surface area contributed by atoms with Crippen molar-refractivity contribution in [2.75, 3.05) is 0 Å². The summed E-state index contributed by atoms with van der Waals surface area (Å²) in [5.41, 5.74) is 2.62. The SMILES string of the molecule is CB(C)C(C)NC(=O)NCc1cccc(C=C(C)C#N)c1. The zero-order chi connectivity index (χ0) is 15.8. The van der Waals surface area contributed by atoms with Gasteiger partial charge < -0.3 is 10.6 Å². The van der Waals surface area contributed by atoms with Gasteiger partial charge in [0.2, 0.25) is 0 Å². The first-order valence-corrected chi connectivity index (χ1v) is 7.14. The summed E-state index contributed by atoms with van der Waals surface area (Å²) < 4.78 is 0. The van der Waals surface area contributed by atoms with E-state index in [0.29, 0.717) is 18.8 Å². The normalized spacial score (nSPS) is 12.2. The molecule has 1 aromatic rings. The third-order valence-electron chi connectivity index (χ3n) is 3.32. The molecule has 0 saturated carbocycles. The molecule has 1 rings (SSSR count). The van der Waals surface area contributed by atoms with E-state index in [-0.39, 0.29) is 12.0 Å². The van der Waals surface area contributed by atoms with Crippen molar-refractivity contribution in [3.05, 3.63) is 41.0 Å². The van der Waals surface area contributed by atoms with Crippen molar-refractivity contribution in [3.8, 4) is 6.07 Å². The van der Waals surface area contributed by atoms with Crippen molar-refractivity contribution in [2.24, 2.45) is 0 Å². The zero-order valence-corrected chi connectivity index (χ0v) is 13.1. The van der Waals surface area contributed by atoms with E-state index in [1.54, 1.807) is 6.92 Å². The lowest BCUT2D eigenvalue weighted by Crippen LogP contribution is -2.45. The quantitative estimate of drug-likeness (QED) is 0.644. The van der Waals surface area contributed by atoms with Crippen LogP contribution in [0.5, 0.6) is 0 Å². The van der Waals surface area contributed by atoms with Gasteiger partial charge in [-0.2, -0.15) is 5.26 Å². The second-order valence-electron chi connectivity index (χ2n) is 5.54. The van der Waals surface area contributed by atoms with Crippen LogP contribution in [0.4, 0.5) is 4.79 Å². The number of hydrogen-bond donors (Lipinski definition) is 2. The summed E-state index contributed by atoms with van der Waals surface area (Å²) in [6.07, 6.45) is 1.82. The smallest absolute Gasteiger partial charge is 0.314 e. The van der Waals surface area contributed by atoms with Gasteiger partial charge in [-0.1, -0.05) is 38.8 Å². The van der Waals surface area contributed by atoms with Crippen molar-refractivity contribution in [2.45, 2.75) is 40.0 Å². The fraction of sp³-hybridized carbons (Fsp3) is 0.375. The summed E-state index contributed by atoms with van der Waals surface area (Å²) >= 11 is 0. The molecule has 2 N–H and O–H groups in total. The Labute approximate surface area is 127 Å². The number of rotatable bonds is 5. The molecule has 110 valence electrons. The Hall–Kier alpha value is -2.22. The molecule has 5 heteroatoms. The minimum Gasteiger partial charge on any atom is -0.343 e. The molecule has 21 heavy (non-hydrogen) atoms. The molecule has 2 amide bonds. The molecule has 0 saturated heterocycles. The molecule has 0 bridgehead atoms. The summed E-state index contributed by atoms with van der Waals surface area (Å²) in [5, 5.41) is 14.5. The van der Waals surface area contributed by atoms with E-state index < -0.39 is 0 Å². The Morgan fingerprint density at radius 2 is 2.19 bits per heavy atom. The maximum Gasteiger partial charge on any atom is 0.314 e. The van der Waals surface area contributed by atoms with E-state index in [2.05, 4.69) is 30.3 Å². The number of amides is 2. The van der Waals surface area contributed by atoms with Crippen LogP contribution in [0, 0.1) is 11.3 Å². The Morgan fingerprint density at radius 3 is 2.81 bits per heavy atom. The van der Waals surface area contributed by atoms with E-state index in [1.807, 2.05) is 37.3 Å². The minimum atomic E-state index is -0.162. The van der Waals surface area contributed by atoms with Gasteiger partial charge in [-0.3, -0.25) is 0 Å². The second-order valence-corrected chi connectivity index (χ2v) is 5.54. The molecule has 0 aliphatic carbocycles. The molecule has 4 nitrogen and oxygen atoms in total. The van der Waals surface area contributed by atoms with Gasteiger partial charge >= 0.3 is 6.03 Å². The average molecular weight is 283 g/mol. The fourth-order valence-corrected chi connectivity index (χ4v) is 1.68. The van der Waals surface area contributed by atoms with E-state index in [9.17, 15) is 4.79 Å². The Balaban J connectivity index is 2.59. The van der Waals surface area contributed by atoms with Crippen molar-refractivity contribution in [1.82, 2.24) is 10.6 Å². The van der Waals surface area contributed by atoms with Crippen LogP contribution in [0.1, 0.15) is 25.0 Å². The van der Waals surface area contributed by atoms with Gasteiger partial charge in [0, 0.05) is 18.1 Å². The molecule has 0 heterocycles. The predicted octanol–water partition coefficient (Wildman–Crippen LogP) is 3.09. The highest BCUT2D eigenvalue weighted by atomic mass is 16.2. The Bertz CT molecular complexity index is 561. The topological polar surface area (TPSA) is 64.9 Å². The lowest BCUT2D eigenvalue weighted by Gasteiger charge is -2.16. The molecule has 0 aliphatic heterocycles. The molecular weight excluding hydrogens is 261 g/mol. The van der Waals surface area contributed by atoms with Crippen LogP contribution in [0.25, 0.3) is 6.08 Å². The van der Waals surface area contributed by atoms with E-state index in [0.717, 1.165) is 11.1 Å². The Kier molecular flexibility index (Phi) is 6.54. The number of allylic oxidation sites excluding steroid dienone is 1. The van der Waals surface area contributed by atoms with Crippen LogP contribution in [0.2, 0.25) is 13.6 Å². The van der Waals surface area contributed by atoms with E-state index in [4.69, 9.17) is 5.26 Å². The number of carbonyl (C=O) groups excluding carboxylic acids is 1. The molecule has 1 unspecified atom stereocenters. The van der Waals surface area contributed by atoms with Crippen LogP contribution in [0.15, 0.2) is 29.8 Å². The number of hydrogen-bond acceptors (Lipinski definition) is 2. The molecule has 0 aromatic heterocycles. The molecular formula is C16H22BN3O. The maximum absolute atomic E-state index is 11.8. The van der Waals surface area contributed by atoms with Gasteiger partial charge in [0.15, 0.2) is 6.71 Å². The molecule has 1 atom stereocenters. The van der Waals surface area contributed by atoms with Crippen LogP contribution in [-0.2, 0) is 6.54 Å². The molecule has 0 radical (unpaired) electrons. The number of nitrogens with zero attached hydrogens (tertiary/aromatic N) is 1. The van der Waals surface area contributed by atoms with Crippen LogP contribution in [0.3, 0.4) is 0 Å². The predicted molar refractivity (Wildman–Crippen MR) is 88.0 cm³/mol. The molecule has 0 aliphatic rings. The maximum atomic E-state index is 11.8. The zero-order valence-electron chi connectivity index (χ0n) is 13.1. The van der Waals surface area contributed by atoms with Gasteiger partial charge in [0.25, 0.3) is 0 Å². The van der Waals surface area contributed by atoms with Crippen molar-refractivity contribution < 1.29 is 4.79 Å². The number of benzene rings is 1. The molecule has 0 fully saturated rings. The highest BCUT2D eigenvalue weighted by Gasteiger charge is 2.12. The van der Waals surface area contributed by atoms with Gasteiger partial charge in [0.1, 0.15) is 0 Å². The Morgan fingerprint density at radius 1 is 1.48 bits per heavy atom. The van der Waals surface area contributed by atoms with Gasteiger partial charge in [-0.05, 0) is 30.2 Å². The lowest BCUT2D eigenvalue weighted by atomic mass is 9.49. The standard InChI is InChI=1S/C16H22BN3O/c1-12(10-18)8-14-6-5-7-15(9-14)11-19-16(21)20-13(2)17(3)4/h5-9,13H,11H2,1-4H3,(H2,19,20,21). The van der Waals surface area contributed by atoms with Crippen molar-refractivity contribution in [1.29, 1.82) is 5.26 Å². The monoisotopic (exact) mass is 283 g/mol. The third-order valence-corrected chi connectivity index (χ3v) is 3.32. The first kappa shape index (κ1) is 16.8. The summed E-state index contributed by atoms with van der Waals surface area (Å²) in [7, 11) is 0. The highest BCUT2D eigenvalue weighted by molar-refractivity contribution is 6.57. The number of nitrogens with one attached hydrogen (secondary N) is 2. The molecule has 1 aromatic carbocycles. The van der Waals surface area contributed by atoms with Crippen molar-refractivity contribution >= 4 is 18.8 Å². The average Bonchev–Trinajstić information content (AvgIpc) is 2.45. The first-order valence-electron chi connectivity index (χ1n) is 7.14. The van der Waals surface area contributed by atoms with Gasteiger partial charge in [-0.15, -0.1) is 0 Å². The second kappa shape index (κ2) is 8.16. The largest absolute Gasteiger partial charge is 0.343 e. The van der Waals surface area contributed by atoms with Gasteiger partial charge in [-0.25, -0.2) is 4.79 Å². The van der Waals surface area contributed by atoms with Crippen LogP contribution < -0.4 is 10.6 Å². The number of carbonyl (C=O) groups is 1. The number of nitriles is 1. The summed E-state index contributed by atoms with van der Waals surface area (Å²) in [4.78, 5) is 11.8. The highest BCUT2D eigenvalue weighted by Crippen LogP contribution is 2.09. The van der Waals surface area contributed by atoms with Crippen LogP contribution in [-0.4, -0.2) is 18.7 Å². The lowest BCUT2D eigenvalue weighted by molar-refractivity contribution is 0.240. The summed E-state index contributed by atoms with van der Waals surface area (Å²) in [6, 6.07) is 9.70. The van der Waals surface area contributed by atoms with Gasteiger partial charge in [0.05, 0.1) is 6.07 Å². The summed E-state index contributed by atoms with van der Waals surface area (Å²) in [5.74, 6) is 0.137. The number of urea groups is 1.